The molecule has 1 N–H and O–H groups in total. The highest BCUT2D eigenvalue weighted by Gasteiger charge is 2.15. The van der Waals surface area contributed by atoms with Gasteiger partial charge in [0, 0.05) is 31.6 Å². The summed E-state index contributed by atoms with van der Waals surface area (Å²) in [7, 11) is 2.13. The number of fused-ring (bicyclic) bond motifs is 1. The molecule has 3 heterocycles. The van der Waals surface area contributed by atoms with Crippen LogP contribution in [0.4, 0.5) is 5.82 Å². The average Bonchev–Trinajstić information content (AvgIpc) is 2.78. The van der Waals surface area contributed by atoms with Crippen LogP contribution in [0.3, 0.4) is 0 Å². The number of H-pyrrole nitrogens is 1. The summed E-state index contributed by atoms with van der Waals surface area (Å²) in [4.78, 5) is 19.4. The molecule has 2 aromatic rings. The van der Waals surface area contributed by atoms with Crippen LogP contribution in [0.5, 0.6) is 0 Å². The molecule has 0 spiro atoms. The lowest BCUT2D eigenvalue weighted by Crippen LogP contribution is -2.45. The van der Waals surface area contributed by atoms with Crippen LogP contribution in [-0.2, 0) is 0 Å². The lowest BCUT2D eigenvalue weighted by atomic mass is 10.3. The monoisotopic (exact) mass is 249 g/mol. The molecule has 4 nitrogen and oxygen atoms in total. The van der Waals surface area contributed by atoms with E-state index in [1.54, 1.807) is 0 Å². The summed E-state index contributed by atoms with van der Waals surface area (Å²) in [5.41, 5.74) is 0.0337. The van der Waals surface area contributed by atoms with Gasteiger partial charge in [0.2, 0.25) is 0 Å². The zero-order valence-corrected chi connectivity index (χ0v) is 10.6. The van der Waals surface area contributed by atoms with Crippen LogP contribution in [0.1, 0.15) is 0 Å². The van der Waals surface area contributed by atoms with E-state index in [4.69, 9.17) is 0 Å². The van der Waals surface area contributed by atoms with Gasteiger partial charge in [-0.15, -0.1) is 11.3 Å². The van der Waals surface area contributed by atoms with Crippen molar-refractivity contribution in [1.82, 2.24) is 9.88 Å². The highest BCUT2D eigenvalue weighted by Crippen LogP contribution is 2.21. The Bertz CT molecular complexity index is 581. The number of pyridine rings is 1. The molecule has 3 rings (SSSR count). The molecule has 1 aliphatic heterocycles. The van der Waals surface area contributed by atoms with E-state index in [-0.39, 0.29) is 5.56 Å². The molecule has 1 saturated heterocycles. The normalized spacial score (nSPS) is 17.8. The van der Waals surface area contributed by atoms with E-state index >= 15 is 0 Å². The van der Waals surface area contributed by atoms with Gasteiger partial charge in [-0.1, -0.05) is 0 Å². The second kappa shape index (κ2) is 4.16. The number of likely N-dealkylation sites (N-methyl/N-ethyl adjacent to an activating group) is 1. The lowest BCUT2D eigenvalue weighted by Gasteiger charge is -2.33. The molecule has 0 aromatic carbocycles. The molecule has 1 fully saturated rings. The van der Waals surface area contributed by atoms with Crippen LogP contribution < -0.4 is 10.5 Å². The molecule has 0 amide bonds. The zero-order valence-electron chi connectivity index (χ0n) is 9.77. The first-order chi connectivity index (χ1) is 8.24. The summed E-state index contributed by atoms with van der Waals surface area (Å²) < 4.78 is 0.822. The van der Waals surface area contributed by atoms with Crippen LogP contribution in [0.15, 0.2) is 22.3 Å². The van der Waals surface area contributed by atoms with E-state index in [1.165, 1.54) is 11.3 Å². The van der Waals surface area contributed by atoms with Gasteiger partial charge >= 0.3 is 0 Å². The largest absolute Gasteiger partial charge is 0.356 e. The van der Waals surface area contributed by atoms with Crippen molar-refractivity contribution < 1.29 is 0 Å². The van der Waals surface area contributed by atoms with E-state index in [0.717, 1.165) is 42.1 Å². The molecule has 0 bridgehead atoms. The SMILES string of the molecule is CN1CCN(c2cc3ccsc3c(=O)[nH]2)CC1. The summed E-state index contributed by atoms with van der Waals surface area (Å²) in [6.07, 6.45) is 0. The molecule has 0 unspecified atom stereocenters. The van der Waals surface area contributed by atoms with Gasteiger partial charge in [0.1, 0.15) is 5.82 Å². The number of nitrogens with one attached hydrogen (secondary N) is 1. The maximum absolute atomic E-state index is 11.9. The highest BCUT2D eigenvalue weighted by molar-refractivity contribution is 7.17. The van der Waals surface area contributed by atoms with Crippen molar-refractivity contribution in [3.05, 3.63) is 27.9 Å². The third kappa shape index (κ3) is 1.96. The summed E-state index contributed by atoms with van der Waals surface area (Å²) >= 11 is 1.50. The number of thiophene rings is 1. The van der Waals surface area contributed by atoms with Crippen molar-refractivity contribution in [3.63, 3.8) is 0 Å². The Hall–Kier alpha value is -1.33. The Morgan fingerprint density at radius 2 is 2.06 bits per heavy atom. The first-order valence-electron chi connectivity index (χ1n) is 5.78. The number of anilines is 1. The fourth-order valence-corrected chi connectivity index (χ4v) is 2.96. The molecule has 2 aromatic heterocycles. The van der Waals surface area contributed by atoms with Crippen molar-refractivity contribution in [2.24, 2.45) is 0 Å². The van der Waals surface area contributed by atoms with Crippen LogP contribution in [0, 0.1) is 0 Å². The van der Waals surface area contributed by atoms with Crippen molar-refractivity contribution in [1.29, 1.82) is 0 Å². The third-order valence-electron chi connectivity index (χ3n) is 3.28. The van der Waals surface area contributed by atoms with E-state index < -0.39 is 0 Å². The average molecular weight is 249 g/mol. The fourth-order valence-electron chi connectivity index (χ4n) is 2.19. The van der Waals surface area contributed by atoms with Crippen molar-refractivity contribution >= 4 is 27.2 Å². The predicted molar refractivity (Wildman–Crippen MR) is 72.2 cm³/mol. The van der Waals surface area contributed by atoms with Gasteiger partial charge in [-0.2, -0.15) is 0 Å². The Kier molecular flexibility index (Phi) is 2.64. The first-order valence-corrected chi connectivity index (χ1v) is 6.66. The van der Waals surface area contributed by atoms with Crippen molar-refractivity contribution in [2.45, 2.75) is 0 Å². The Morgan fingerprint density at radius 3 is 2.82 bits per heavy atom. The van der Waals surface area contributed by atoms with Gasteiger partial charge in [0.05, 0.1) is 4.70 Å². The second-order valence-electron chi connectivity index (χ2n) is 4.48. The summed E-state index contributed by atoms with van der Waals surface area (Å²) in [5.74, 6) is 0.953. The van der Waals surface area contributed by atoms with Gasteiger partial charge in [0.25, 0.3) is 5.56 Å². The molecule has 1 aliphatic rings. The number of nitrogens with zero attached hydrogens (tertiary/aromatic N) is 2. The number of rotatable bonds is 1. The lowest BCUT2D eigenvalue weighted by molar-refractivity contribution is 0.312. The first kappa shape index (κ1) is 10.8. The Morgan fingerprint density at radius 1 is 1.29 bits per heavy atom. The van der Waals surface area contributed by atoms with Gasteiger partial charge in [-0.3, -0.25) is 4.79 Å². The van der Waals surface area contributed by atoms with Gasteiger partial charge in [-0.05, 0) is 24.6 Å². The molecule has 17 heavy (non-hydrogen) atoms. The van der Waals surface area contributed by atoms with Crippen LogP contribution in [-0.4, -0.2) is 43.1 Å². The number of aromatic nitrogens is 1. The number of hydrogen-bond acceptors (Lipinski definition) is 4. The molecular weight excluding hydrogens is 234 g/mol. The van der Waals surface area contributed by atoms with E-state index in [2.05, 4.69) is 27.9 Å². The number of hydrogen-bond donors (Lipinski definition) is 1. The molecule has 5 heteroatoms. The van der Waals surface area contributed by atoms with Gasteiger partial charge < -0.3 is 14.8 Å². The standard InChI is InChI=1S/C12H15N3OS/c1-14-3-5-15(6-4-14)10-8-9-2-7-17-11(9)12(16)13-10/h2,7-8H,3-6H2,1H3,(H,13,16). The smallest absolute Gasteiger partial charge is 0.267 e. The molecule has 0 aliphatic carbocycles. The van der Waals surface area contributed by atoms with E-state index in [1.807, 2.05) is 11.4 Å². The quantitative estimate of drug-likeness (QED) is 0.829. The highest BCUT2D eigenvalue weighted by atomic mass is 32.1. The summed E-state index contributed by atoms with van der Waals surface area (Å²) in [6.45, 7) is 4.04. The van der Waals surface area contributed by atoms with Gasteiger partial charge in [-0.25, -0.2) is 0 Å². The Labute approximate surface area is 103 Å². The van der Waals surface area contributed by atoms with Crippen LogP contribution in [0.2, 0.25) is 0 Å². The fraction of sp³-hybridized carbons (Fsp3) is 0.417. The zero-order chi connectivity index (χ0) is 11.8. The molecule has 0 saturated carbocycles. The molecular formula is C12H15N3OS. The molecule has 0 atom stereocenters. The van der Waals surface area contributed by atoms with E-state index in [0.29, 0.717) is 0 Å². The molecule has 90 valence electrons. The summed E-state index contributed by atoms with van der Waals surface area (Å²) in [5, 5.41) is 3.01. The number of aromatic amines is 1. The minimum Gasteiger partial charge on any atom is -0.356 e. The van der Waals surface area contributed by atoms with E-state index in [9.17, 15) is 4.79 Å². The predicted octanol–water partition coefficient (Wildman–Crippen LogP) is 1.34. The topological polar surface area (TPSA) is 39.3 Å². The van der Waals surface area contributed by atoms with Crippen molar-refractivity contribution in [2.75, 3.05) is 38.1 Å². The number of piperazine rings is 1. The third-order valence-corrected chi connectivity index (χ3v) is 4.21. The van der Waals surface area contributed by atoms with Crippen molar-refractivity contribution in [3.8, 4) is 0 Å². The van der Waals surface area contributed by atoms with Gasteiger partial charge in [0.15, 0.2) is 0 Å². The minimum atomic E-state index is 0.0337. The minimum absolute atomic E-state index is 0.0337. The Balaban J connectivity index is 1.97. The summed E-state index contributed by atoms with van der Waals surface area (Å²) in [6, 6.07) is 4.09. The second-order valence-corrected chi connectivity index (χ2v) is 5.40. The maximum atomic E-state index is 11.9. The van der Waals surface area contributed by atoms with Crippen LogP contribution in [0.25, 0.3) is 10.1 Å². The van der Waals surface area contributed by atoms with Crippen LogP contribution >= 0.6 is 11.3 Å². The molecule has 0 radical (unpaired) electrons. The maximum Gasteiger partial charge on any atom is 0.267 e.